The molecule has 1 spiro atoms. The predicted molar refractivity (Wildman–Crippen MR) is 114 cm³/mol. The Morgan fingerprint density at radius 3 is 2.23 bits per heavy atom. The van der Waals surface area contributed by atoms with Gasteiger partial charge in [0.05, 0.1) is 12.4 Å². The summed E-state index contributed by atoms with van der Waals surface area (Å²) in [5.41, 5.74) is -0.645. The van der Waals surface area contributed by atoms with Gasteiger partial charge in [-0.2, -0.15) is 31.4 Å². The lowest BCUT2D eigenvalue weighted by atomic mass is 9.78. The molecule has 2 fully saturated rings. The molecule has 2 saturated heterocycles. The first-order valence-electron chi connectivity index (χ1n) is 11.1. The molecule has 3 aromatic rings. The topological polar surface area (TPSA) is 75.9 Å². The van der Waals surface area contributed by atoms with Crippen LogP contribution < -0.4 is 9.80 Å². The first-order chi connectivity index (χ1) is 16.4. The van der Waals surface area contributed by atoms with Crippen molar-refractivity contribution in [2.75, 3.05) is 36.0 Å². The van der Waals surface area contributed by atoms with Crippen LogP contribution in [0, 0.1) is 12.3 Å². The molecule has 8 nitrogen and oxygen atoms in total. The number of halogens is 6. The number of nitrogens with zero attached hydrogens (tertiary/aromatic N) is 8. The molecule has 14 heteroatoms. The van der Waals surface area contributed by atoms with Crippen molar-refractivity contribution in [3.8, 4) is 0 Å². The van der Waals surface area contributed by atoms with Crippen LogP contribution in [0.3, 0.4) is 0 Å². The SMILES string of the molecule is Cc1nc(N2CCC3(CC2)CCN(c2cnc4cnn(CC(F)(F)F)c4n2)C3)cc(C(F)(F)F)n1. The number of hydrogen-bond donors (Lipinski definition) is 0. The molecule has 5 heterocycles. The highest BCUT2D eigenvalue weighted by Crippen LogP contribution is 2.42. The smallest absolute Gasteiger partial charge is 0.356 e. The molecule has 0 aliphatic carbocycles. The molecular weight excluding hydrogens is 478 g/mol. The summed E-state index contributed by atoms with van der Waals surface area (Å²) in [5.74, 6) is 0.826. The van der Waals surface area contributed by atoms with Gasteiger partial charge in [-0.25, -0.2) is 24.6 Å². The zero-order chi connectivity index (χ0) is 25.0. The van der Waals surface area contributed by atoms with E-state index in [0.717, 1.165) is 30.0 Å². The lowest BCUT2D eigenvalue weighted by Crippen LogP contribution is -2.42. The van der Waals surface area contributed by atoms with Crippen LogP contribution in [-0.2, 0) is 12.7 Å². The van der Waals surface area contributed by atoms with E-state index >= 15 is 0 Å². The Balaban J connectivity index is 1.29. The van der Waals surface area contributed by atoms with E-state index in [9.17, 15) is 26.3 Å². The second kappa shape index (κ2) is 8.19. The highest BCUT2D eigenvalue weighted by Gasteiger charge is 2.42. The van der Waals surface area contributed by atoms with Gasteiger partial charge in [-0.1, -0.05) is 0 Å². The molecule has 0 unspecified atom stereocenters. The zero-order valence-electron chi connectivity index (χ0n) is 18.7. The first-order valence-corrected chi connectivity index (χ1v) is 11.1. The fraction of sp³-hybridized carbons (Fsp3) is 0.571. The minimum absolute atomic E-state index is 0.0612. The van der Waals surface area contributed by atoms with Crippen LogP contribution in [0.1, 0.15) is 30.8 Å². The minimum Gasteiger partial charge on any atom is -0.356 e. The molecule has 0 aromatic carbocycles. The highest BCUT2D eigenvalue weighted by molar-refractivity contribution is 5.71. The summed E-state index contributed by atoms with van der Waals surface area (Å²) >= 11 is 0. The largest absolute Gasteiger partial charge is 0.433 e. The lowest BCUT2D eigenvalue weighted by molar-refractivity contribution is -0.142. The second-order valence-electron chi connectivity index (χ2n) is 9.17. The maximum atomic E-state index is 13.2. The number of rotatable bonds is 3. The van der Waals surface area contributed by atoms with Crippen LogP contribution >= 0.6 is 0 Å². The highest BCUT2D eigenvalue weighted by atomic mass is 19.4. The Labute approximate surface area is 196 Å². The Kier molecular flexibility index (Phi) is 5.51. The van der Waals surface area contributed by atoms with Crippen LogP contribution in [0.15, 0.2) is 18.5 Å². The van der Waals surface area contributed by atoms with Crippen molar-refractivity contribution >= 4 is 22.8 Å². The average Bonchev–Trinajstić information content (AvgIpc) is 3.36. The van der Waals surface area contributed by atoms with Gasteiger partial charge in [0.2, 0.25) is 0 Å². The zero-order valence-corrected chi connectivity index (χ0v) is 18.7. The van der Waals surface area contributed by atoms with E-state index in [4.69, 9.17) is 0 Å². The van der Waals surface area contributed by atoms with E-state index in [1.54, 1.807) is 6.20 Å². The summed E-state index contributed by atoms with van der Waals surface area (Å²) < 4.78 is 78.8. The van der Waals surface area contributed by atoms with Crippen molar-refractivity contribution in [3.05, 3.63) is 30.0 Å². The molecule has 0 amide bonds. The van der Waals surface area contributed by atoms with Gasteiger partial charge in [0.1, 0.15) is 35.2 Å². The Bertz CT molecular complexity index is 1230. The molecule has 188 valence electrons. The molecule has 5 rings (SSSR count). The summed E-state index contributed by atoms with van der Waals surface area (Å²) in [7, 11) is 0. The molecular formula is C21H22F6N8. The number of anilines is 2. The van der Waals surface area contributed by atoms with Gasteiger partial charge >= 0.3 is 12.4 Å². The van der Waals surface area contributed by atoms with Crippen molar-refractivity contribution in [2.24, 2.45) is 5.41 Å². The quantitative estimate of drug-likeness (QED) is 0.503. The molecule has 0 atom stereocenters. The summed E-state index contributed by atoms with van der Waals surface area (Å²) in [6, 6.07) is 0.987. The maximum Gasteiger partial charge on any atom is 0.433 e. The van der Waals surface area contributed by atoms with Gasteiger partial charge in [-0.15, -0.1) is 0 Å². The van der Waals surface area contributed by atoms with Crippen LogP contribution in [0.2, 0.25) is 0 Å². The number of hydrogen-bond acceptors (Lipinski definition) is 7. The third-order valence-corrected chi connectivity index (χ3v) is 6.69. The Morgan fingerprint density at radius 1 is 0.886 bits per heavy atom. The predicted octanol–water partition coefficient (Wildman–Crippen LogP) is 4.00. The van der Waals surface area contributed by atoms with Crippen molar-refractivity contribution in [3.63, 3.8) is 0 Å². The summed E-state index contributed by atoms with van der Waals surface area (Å²) in [4.78, 5) is 20.2. The molecule has 0 bridgehead atoms. The van der Waals surface area contributed by atoms with Crippen LogP contribution in [-0.4, -0.2) is 62.1 Å². The van der Waals surface area contributed by atoms with Gasteiger partial charge in [0.15, 0.2) is 5.65 Å². The number of piperidine rings is 1. The van der Waals surface area contributed by atoms with E-state index < -0.39 is 24.6 Å². The fourth-order valence-electron chi connectivity index (χ4n) is 4.89. The minimum atomic E-state index is -4.54. The molecule has 2 aliphatic heterocycles. The number of alkyl halides is 6. The molecule has 3 aromatic heterocycles. The van der Waals surface area contributed by atoms with Crippen molar-refractivity contribution in [2.45, 2.75) is 45.1 Å². The van der Waals surface area contributed by atoms with Gasteiger partial charge in [-0.05, 0) is 31.6 Å². The third-order valence-electron chi connectivity index (χ3n) is 6.69. The molecule has 2 aliphatic rings. The molecule has 0 radical (unpaired) electrons. The van der Waals surface area contributed by atoms with Crippen molar-refractivity contribution < 1.29 is 26.3 Å². The fourth-order valence-corrected chi connectivity index (χ4v) is 4.89. The van der Waals surface area contributed by atoms with Gasteiger partial charge < -0.3 is 9.80 Å². The van der Waals surface area contributed by atoms with E-state index in [1.807, 2.05) is 9.80 Å². The standard InChI is InChI=1S/C21H22F6N8/c1-13-30-15(21(25,26)27)8-16(31-13)33-5-2-19(3-6-33)4-7-34(11-19)17-10-28-14-9-29-35(18(14)32-17)12-20(22,23)24/h8-10H,2-7,11-12H2,1H3. The summed E-state index contributed by atoms with van der Waals surface area (Å²) in [6.07, 6.45) is -3.82. The van der Waals surface area contributed by atoms with Crippen molar-refractivity contribution in [1.82, 2.24) is 29.7 Å². The Hall–Kier alpha value is -3.19. The monoisotopic (exact) mass is 500 g/mol. The van der Waals surface area contributed by atoms with Crippen LogP contribution in [0.25, 0.3) is 11.2 Å². The summed E-state index contributed by atoms with van der Waals surface area (Å²) in [5, 5.41) is 3.76. The van der Waals surface area contributed by atoms with E-state index in [0.29, 0.717) is 37.5 Å². The number of aryl methyl sites for hydroxylation is 1. The van der Waals surface area contributed by atoms with Gasteiger partial charge in [0, 0.05) is 32.2 Å². The van der Waals surface area contributed by atoms with Gasteiger partial charge in [0.25, 0.3) is 0 Å². The lowest BCUT2D eigenvalue weighted by Gasteiger charge is -2.40. The van der Waals surface area contributed by atoms with Crippen LogP contribution in [0.5, 0.6) is 0 Å². The van der Waals surface area contributed by atoms with E-state index in [1.165, 1.54) is 13.1 Å². The molecule has 0 saturated carbocycles. The van der Waals surface area contributed by atoms with E-state index in [2.05, 4.69) is 25.0 Å². The first kappa shape index (κ1) is 23.5. The second-order valence-corrected chi connectivity index (χ2v) is 9.17. The average molecular weight is 500 g/mol. The normalized spacial score (nSPS) is 18.7. The number of fused-ring (bicyclic) bond motifs is 1. The molecule has 0 N–H and O–H groups in total. The van der Waals surface area contributed by atoms with Crippen molar-refractivity contribution in [1.29, 1.82) is 0 Å². The van der Waals surface area contributed by atoms with Gasteiger partial charge in [-0.3, -0.25) is 0 Å². The maximum absolute atomic E-state index is 13.2. The number of aromatic nitrogens is 6. The Morgan fingerprint density at radius 2 is 1.57 bits per heavy atom. The summed E-state index contributed by atoms with van der Waals surface area (Å²) in [6.45, 7) is 2.60. The van der Waals surface area contributed by atoms with Crippen LogP contribution in [0.4, 0.5) is 38.0 Å². The van der Waals surface area contributed by atoms with E-state index in [-0.39, 0.29) is 22.7 Å². The third kappa shape index (κ3) is 4.82. The molecule has 35 heavy (non-hydrogen) atoms.